The number of ether oxygens (including phenoxy) is 1. The van der Waals surface area contributed by atoms with Crippen molar-refractivity contribution in [2.75, 3.05) is 6.54 Å². The molecule has 0 aromatic heterocycles. The minimum absolute atomic E-state index is 0.0760. The Morgan fingerprint density at radius 1 is 0.643 bits per heavy atom. The fraction of sp³-hybridized carbons (Fsp3) is 0.0870. The lowest BCUT2D eigenvalue weighted by Crippen LogP contribution is -2.41. The first-order valence-electron chi connectivity index (χ1n) is 8.81. The highest BCUT2D eigenvalue weighted by molar-refractivity contribution is 6.11. The maximum Gasteiger partial charge on any atom is 0.326 e. The third-order valence-corrected chi connectivity index (χ3v) is 4.06. The maximum absolute atomic E-state index is 12.9. The molecule has 28 heavy (non-hydrogen) atoms. The second-order valence-electron chi connectivity index (χ2n) is 6.07. The molecule has 0 unspecified atom stereocenters. The summed E-state index contributed by atoms with van der Waals surface area (Å²) < 4.78 is 5.25. The van der Waals surface area contributed by atoms with Gasteiger partial charge in [-0.3, -0.25) is 19.3 Å². The number of nitrogens with zero attached hydrogens (tertiary/aromatic N) is 1. The van der Waals surface area contributed by atoms with Gasteiger partial charge in [-0.1, -0.05) is 66.7 Å². The normalized spacial score (nSPS) is 10.1. The molecule has 3 aromatic rings. The molecule has 3 rings (SSSR count). The van der Waals surface area contributed by atoms with Gasteiger partial charge in [0.25, 0.3) is 11.8 Å². The van der Waals surface area contributed by atoms with Crippen LogP contribution in [0.15, 0.2) is 91.0 Å². The molecule has 0 N–H and O–H groups in total. The first-order valence-corrected chi connectivity index (χ1v) is 8.81. The van der Waals surface area contributed by atoms with Gasteiger partial charge in [-0.25, -0.2) is 0 Å². The minimum Gasteiger partial charge on any atom is -0.459 e. The molecule has 5 heteroatoms. The molecule has 0 saturated heterocycles. The highest BCUT2D eigenvalue weighted by atomic mass is 16.5. The zero-order chi connectivity index (χ0) is 19.8. The van der Waals surface area contributed by atoms with Gasteiger partial charge in [0.2, 0.25) is 0 Å². The van der Waals surface area contributed by atoms with E-state index in [4.69, 9.17) is 4.74 Å². The van der Waals surface area contributed by atoms with Crippen LogP contribution in [0.5, 0.6) is 0 Å². The Morgan fingerprint density at radius 3 is 1.54 bits per heavy atom. The fourth-order valence-corrected chi connectivity index (χ4v) is 2.62. The van der Waals surface area contributed by atoms with Crippen molar-refractivity contribution < 1.29 is 19.1 Å². The van der Waals surface area contributed by atoms with Crippen molar-refractivity contribution >= 4 is 17.8 Å². The second-order valence-corrected chi connectivity index (χ2v) is 6.07. The SMILES string of the molecule is O=C(CN(C(=O)c1ccccc1)C(=O)c1ccccc1)OCc1ccccc1. The van der Waals surface area contributed by atoms with E-state index in [1.165, 1.54) is 0 Å². The van der Waals surface area contributed by atoms with Crippen LogP contribution in [0.4, 0.5) is 0 Å². The zero-order valence-corrected chi connectivity index (χ0v) is 15.2. The van der Waals surface area contributed by atoms with Crippen molar-refractivity contribution in [3.8, 4) is 0 Å². The fourth-order valence-electron chi connectivity index (χ4n) is 2.62. The molecule has 0 fully saturated rings. The molecule has 3 aromatic carbocycles. The Balaban J connectivity index is 1.76. The van der Waals surface area contributed by atoms with Crippen LogP contribution in [0.1, 0.15) is 26.3 Å². The Morgan fingerprint density at radius 2 is 1.07 bits per heavy atom. The van der Waals surface area contributed by atoms with Crippen molar-refractivity contribution in [3.63, 3.8) is 0 Å². The number of carbonyl (C=O) groups excluding carboxylic acids is 3. The Hall–Kier alpha value is -3.73. The Labute approximate surface area is 163 Å². The van der Waals surface area contributed by atoms with Crippen LogP contribution in [-0.2, 0) is 16.1 Å². The number of imide groups is 1. The van der Waals surface area contributed by atoms with E-state index in [0.717, 1.165) is 10.5 Å². The predicted octanol–water partition coefficient (Wildman–Crippen LogP) is 3.71. The van der Waals surface area contributed by atoms with E-state index in [0.29, 0.717) is 11.1 Å². The van der Waals surface area contributed by atoms with Gasteiger partial charge in [0, 0.05) is 11.1 Å². The number of hydrogen-bond donors (Lipinski definition) is 0. The van der Waals surface area contributed by atoms with Crippen molar-refractivity contribution in [1.82, 2.24) is 4.90 Å². The van der Waals surface area contributed by atoms with Crippen molar-refractivity contribution in [2.24, 2.45) is 0 Å². The standard InChI is InChI=1S/C23H19NO4/c25-21(28-17-18-10-4-1-5-11-18)16-24(22(26)19-12-6-2-7-13-19)23(27)20-14-8-3-9-15-20/h1-15H,16-17H2. The number of carbonyl (C=O) groups is 3. The highest BCUT2D eigenvalue weighted by Crippen LogP contribution is 2.11. The summed E-state index contributed by atoms with van der Waals surface area (Å²) in [6, 6.07) is 26.0. The van der Waals surface area contributed by atoms with E-state index < -0.39 is 24.3 Å². The van der Waals surface area contributed by atoms with Crippen LogP contribution in [0, 0.1) is 0 Å². The number of rotatable bonds is 6. The largest absolute Gasteiger partial charge is 0.459 e. The third kappa shape index (κ3) is 4.92. The minimum atomic E-state index is -0.655. The molecule has 0 atom stereocenters. The molecule has 5 nitrogen and oxygen atoms in total. The summed E-state index contributed by atoms with van der Waals surface area (Å²) in [6.45, 7) is -0.388. The first-order chi connectivity index (χ1) is 13.6. The van der Waals surface area contributed by atoms with Crippen molar-refractivity contribution in [3.05, 3.63) is 108 Å². The maximum atomic E-state index is 12.9. The van der Waals surface area contributed by atoms with Crippen LogP contribution in [0.25, 0.3) is 0 Å². The highest BCUT2D eigenvalue weighted by Gasteiger charge is 2.27. The van der Waals surface area contributed by atoms with E-state index in [1.54, 1.807) is 60.7 Å². The lowest BCUT2D eigenvalue weighted by Gasteiger charge is -2.20. The summed E-state index contributed by atoms with van der Waals surface area (Å²) in [5.41, 5.74) is 1.47. The van der Waals surface area contributed by atoms with Gasteiger partial charge in [-0.05, 0) is 29.8 Å². The molecule has 0 radical (unpaired) electrons. The second kappa shape index (κ2) is 9.28. The van der Waals surface area contributed by atoms with E-state index in [2.05, 4.69) is 0 Å². The molecular formula is C23H19NO4. The van der Waals surface area contributed by atoms with E-state index in [-0.39, 0.29) is 6.61 Å². The van der Waals surface area contributed by atoms with Crippen molar-refractivity contribution in [2.45, 2.75) is 6.61 Å². The zero-order valence-electron chi connectivity index (χ0n) is 15.2. The Bertz CT molecular complexity index is 889. The monoisotopic (exact) mass is 373 g/mol. The van der Waals surface area contributed by atoms with Crippen LogP contribution < -0.4 is 0 Å². The Kier molecular flexibility index (Phi) is 6.31. The van der Waals surface area contributed by atoms with Gasteiger partial charge in [-0.2, -0.15) is 0 Å². The van der Waals surface area contributed by atoms with E-state index in [9.17, 15) is 14.4 Å². The van der Waals surface area contributed by atoms with Crippen molar-refractivity contribution in [1.29, 1.82) is 0 Å². The van der Waals surface area contributed by atoms with Crippen LogP contribution >= 0.6 is 0 Å². The van der Waals surface area contributed by atoms with Gasteiger partial charge < -0.3 is 4.74 Å². The molecule has 0 aliphatic rings. The lowest BCUT2D eigenvalue weighted by molar-refractivity contribution is -0.145. The summed E-state index contributed by atoms with van der Waals surface area (Å²) in [5.74, 6) is -1.75. The summed E-state index contributed by atoms with van der Waals surface area (Å²) >= 11 is 0. The van der Waals surface area contributed by atoms with E-state index >= 15 is 0 Å². The lowest BCUT2D eigenvalue weighted by atomic mass is 10.1. The molecule has 2 amide bonds. The molecule has 0 spiro atoms. The topological polar surface area (TPSA) is 63.7 Å². The third-order valence-electron chi connectivity index (χ3n) is 4.06. The summed E-state index contributed by atoms with van der Waals surface area (Å²) in [5, 5.41) is 0. The predicted molar refractivity (Wildman–Crippen MR) is 104 cm³/mol. The number of amides is 2. The van der Waals surface area contributed by atoms with E-state index in [1.807, 2.05) is 30.3 Å². The molecule has 0 aliphatic carbocycles. The summed E-state index contributed by atoms with van der Waals surface area (Å²) in [6.07, 6.45) is 0. The molecule has 0 bridgehead atoms. The van der Waals surface area contributed by atoms with Crippen LogP contribution in [0.2, 0.25) is 0 Å². The van der Waals surface area contributed by atoms with Gasteiger partial charge >= 0.3 is 5.97 Å². The molecular weight excluding hydrogens is 354 g/mol. The van der Waals surface area contributed by atoms with Gasteiger partial charge in [0.1, 0.15) is 13.2 Å². The van der Waals surface area contributed by atoms with Gasteiger partial charge in [-0.15, -0.1) is 0 Å². The summed E-state index contributed by atoms with van der Waals surface area (Å²) in [4.78, 5) is 39.0. The summed E-state index contributed by atoms with van der Waals surface area (Å²) in [7, 11) is 0. The average molecular weight is 373 g/mol. The van der Waals surface area contributed by atoms with Crippen LogP contribution in [-0.4, -0.2) is 29.2 Å². The van der Waals surface area contributed by atoms with Crippen LogP contribution in [0.3, 0.4) is 0 Å². The smallest absolute Gasteiger partial charge is 0.326 e. The molecule has 140 valence electrons. The number of hydrogen-bond acceptors (Lipinski definition) is 4. The van der Waals surface area contributed by atoms with Gasteiger partial charge in [0.05, 0.1) is 0 Å². The van der Waals surface area contributed by atoms with Gasteiger partial charge in [0.15, 0.2) is 0 Å². The molecule has 0 saturated carbocycles. The molecule has 0 aliphatic heterocycles. The number of esters is 1. The average Bonchev–Trinajstić information content (AvgIpc) is 2.77. The number of benzene rings is 3. The first kappa shape index (κ1) is 19.0. The molecule has 0 heterocycles. The quantitative estimate of drug-likeness (QED) is 0.488.